The Balaban J connectivity index is 1.70. The van der Waals surface area contributed by atoms with Crippen molar-refractivity contribution >= 4 is 10.8 Å². The fraction of sp³-hybridized carbons (Fsp3) is 0.250. The fourth-order valence-electron chi connectivity index (χ4n) is 3.01. The van der Waals surface area contributed by atoms with Crippen LogP contribution in [-0.2, 0) is 23.8 Å². The minimum Gasteiger partial charge on any atom is -0.493 e. The first-order chi connectivity index (χ1) is 14.6. The van der Waals surface area contributed by atoms with Crippen molar-refractivity contribution in [3.63, 3.8) is 0 Å². The molecule has 0 aliphatic heterocycles. The van der Waals surface area contributed by atoms with Crippen LogP contribution in [0.25, 0.3) is 0 Å². The van der Waals surface area contributed by atoms with Crippen molar-refractivity contribution in [2.24, 2.45) is 0 Å². The fourth-order valence-corrected chi connectivity index (χ4v) is 3.85. The molecule has 0 bridgehead atoms. The van der Waals surface area contributed by atoms with Crippen LogP contribution in [-0.4, -0.2) is 29.9 Å². The monoisotopic (exact) mass is 425 g/mol. The molecule has 3 aromatic rings. The lowest BCUT2D eigenvalue weighted by atomic mass is 10.1. The van der Waals surface area contributed by atoms with Gasteiger partial charge in [0.1, 0.15) is 5.76 Å². The Hall–Kier alpha value is -2.99. The number of hydrogen-bond donors (Lipinski definition) is 0. The number of hydrogen-bond acceptors (Lipinski definition) is 5. The molecule has 158 valence electrons. The number of nitrogens with zero attached hydrogens (tertiary/aromatic N) is 1. The SMILES string of the molecule is COc1ccc(CCN(/C=C\[S@@](=O)c2ccc(C)cc2)Cc2ccco2)cc1OC. The van der Waals surface area contributed by atoms with E-state index in [0.717, 1.165) is 34.7 Å². The summed E-state index contributed by atoms with van der Waals surface area (Å²) in [4.78, 5) is 2.89. The molecular weight excluding hydrogens is 398 g/mol. The Morgan fingerprint density at radius 2 is 1.80 bits per heavy atom. The molecule has 0 aliphatic carbocycles. The summed E-state index contributed by atoms with van der Waals surface area (Å²) in [6, 6.07) is 17.5. The van der Waals surface area contributed by atoms with Crippen molar-refractivity contribution in [2.45, 2.75) is 24.8 Å². The van der Waals surface area contributed by atoms with Crippen molar-refractivity contribution in [1.29, 1.82) is 0 Å². The van der Waals surface area contributed by atoms with E-state index in [4.69, 9.17) is 13.9 Å². The topological polar surface area (TPSA) is 51.9 Å². The van der Waals surface area contributed by atoms with Crippen LogP contribution in [0.4, 0.5) is 0 Å². The second-order valence-electron chi connectivity index (χ2n) is 6.88. The maximum absolute atomic E-state index is 12.6. The Kier molecular flexibility index (Phi) is 7.74. The van der Waals surface area contributed by atoms with Gasteiger partial charge in [0.15, 0.2) is 11.5 Å². The van der Waals surface area contributed by atoms with Crippen LogP contribution in [0.5, 0.6) is 11.5 Å². The zero-order valence-corrected chi connectivity index (χ0v) is 18.4. The highest BCUT2D eigenvalue weighted by molar-refractivity contribution is 7.88. The maximum Gasteiger partial charge on any atom is 0.160 e. The summed E-state index contributed by atoms with van der Waals surface area (Å²) >= 11 is 0. The Morgan fingerprint density at radius 3 is 2.47 bits per heavy atom. The van der Waals surface area contributed by atoms with Crippen LogP contribution in [0.15, 0.2) is 81.8 Å². The van der Waals surface area contributed by atoms with Crippen molar-refractivity contribution in [1.82, 2.24) is 4.90 Å². The normalized spacial score (nSPS) is 12.1. The van der Waals surface area contributed by atoms with Gasteiger partial charge in [-0.1, -0.05) is 23.8 Å². The van der Waals surface area contributed by atoms with E-state index in [9.17, 15) is 4.21 Å². The highest BCUT2D eigenvalue weighted by Gasteiger charge is 2.09. The van der Waals surface area contributed by atoms with Gasteiger partial charge < -0.3 is 18.8 Å². The number of methoxy groups -OCH3 is 2. The molecule has 30 heavy (non-hydrogen) atoms. The molecule has 0 spiro atoms. The van der Waals surface area contributed by atoms with E-state index < -0.39 is 10.8 Å². The standard InChI is InChI=1S/C24H27NO4S/c1-19-6-9-22(10-7-19)30(26)16-14-25(18-21-5-4-15-29-21)13-12-20-8-11-23(27-2)24(17-20)28-3/h4-11,14-17H,12-13,18H2,1-3H3/b16-14-/t30-/m1/s1. The van der Waals surface area contributed by atoms with E-state index in [1.165, 1.54) is 0 Å². The van der Waals surface area contributed by atoms with Crippen molar-refractivity contribution in [3.05, 3.63) is 89.4 Å². The van der Waals surface area contributed by atoms with E-state index in [1.807, 2.05) is 67.7 Å². The largest absolute Gasteiger partial charge is 0.493 e. The lowest BCUT2D eigenvalue weighted by Gasteiger charge is -2.19. The number of aryl methyl sites for hydroxylation is 1. The third-order valence-corrected chi connectivity index (χ3v) is 5.83. The van der Waals surface area contributed by atoms with Gasteiger partial charge in [-0.25, -0.2) is 4.21 Å². The minimum atomic E-state index is -1.21. The van der Waals surface area contributed by atoms with E-state index in [-0.39, 0.29) is 0 Å². The molecule has 1 heterocycles. The third-order valence-electron chi connectivity index (χ3n) is 4.72. The summed E-state index contributed by atoms with van der Waals surface area (Å²) in [7, 11) is 2.05. The lowest BCUT2D eigenvalue weighted by Crippen LogP contribution is -2.20. The van der Waals surface area contributed by atoms with Crippen LogP contribution in [0.2, 0.25) is 0 Å². The van der Waals surface area contributed by atoms with Crippen LogP contribution in [0, 0.1) is 6.92 Å². The summed E-state index contributed by atoms with van der Waals surface area (Å²) in [5.41, 5.74) is 2.28. The van der Waals surface area contributed by atoms with Gasteiger partial charge in [0.25, 0.3) is 0 Å². The van der Waals surface area contributed by atoms with E-state index in [2.05, 4.69) is 4.90 Å². The molecule has 0 amide bonds. The smallest absolute Gasteiger partial charge is 0.160 e. The van der Waals surface area contributed by atoms with E-state index in [0.29, 0.717) is 18.0 Å². The molecule has 0 fully saturated rings. The van der Waals surface area contributed by atoms with Gasteiger partial charge in [0, 0.05) is 23.0 Å². The number of benzene rings is 2. The van der Waals surface area contributed by atoms with Gasteiger partial charge in [-0.2, -0.15) is 0 Å². The predicted molar refractivity (Wildman–Crippen MR) is 119 cm³/mol. The molecular formula is C24H27NO4S. The summed E-state index contributed by atoms with van der Waals surface area (Å²) in [5, 5.41) is 1.72. The molecule has 2 aromatic carbocycles. The molecule has 3 rings (SSSR count). The summed E-state index contributed by atoms with van der Waals surface area (Å²) in [6.45, 7) is 3.35. The quantitative estimate of drug-likeness (QED) is 0.461. The third kappa shape index (κ3) is 6.00. The molecule has 6 heteroatoms. The van der Waals surface area contributed by atoms with Crippen LogP contribution in [0.1, 0.15) is 16.9 Å². The van der Waals surface area contributed by atoms with Crippen molar-refractivity contribution in [2.75, 3.05) is 20.8 Å². The van der Waals surface area contributed by atoms with Gasteiger partial charge in [-0.3, -0.25) is 0 Å². The van der Waals surface area contributed by atoms with Gasteiger partial charge in [0.2, 0.25) is 0 Å². The molecule has 1 atom stereocenters. The van der Waals surface area contributed by atoms with Crippen molar-refractivity contribution < 1.29 is 18.1 Å². The Morgan fingerprint density at radius 1 is 1.03 bits per heavy atom. The molecule has 0 N–H and O–H groups in total. The van der Waals surface area contributed by atoms with Gasteiger partial charge in [-0.05, 0) is 55.3 Å². The molecule has 5 nitrogen and oxygen atoms in total. The molecule has 0 radical (unpaired) electrons. The van der Waals surface area contributed by atoms with Gasteiger partial charge >= 0.3 is 0 Å². The van der Waals surface area contributed by atoms with Crippen LogP contribution >= 0.6 is 0 Å². The summed E-state index contributed by atoms with van der Waals surface area (Å²) in [6.07, 6.45) is 4.35. The van der Waals surface area contributed by atoms with Crippen LogP contribution < -0.4 is 9.47 Å². The molecule has 1 aromatic heterocycles. The van der Waals surface area contributed by atoms with E-state index in [1.54, 1.807) is 25.9 Å². The lowest BCUT2D eigenvalue weighted by molar-refractivity contribution is 0.331. The minimum absolute atomic E-state index is 0.599. The average molecular weight is 426 g/mol. The second kappa shape index (κ2) is 10.7. The van der Waals surface area contributed by atoms with Gasteiger partial charge in [0.05, 0.1) is 37.8 Å². The number of rotatable bonds is 10. The molecule has 0 aliphatic rings. The predicted octanol–water partition coefficient (Wildman–Crippen LogP) is 4.93. The summed E-state index contributed by atoms with van der Waals surface area (Å²) < 4.78 is 28.8. The van der Waals surface area contributed by atoms with Crippen molar-refractivity contribution in [3.8, 4) is 11.5 Å². The van der Waals surface area contributed by atoms with E-state index >= 15 is 0 Å². The first-order valence-electron chi connectivity index (χ1n) is 9.72. The second-order valence-corrected chi connectivity index (χ2v) is 8.22. The highest BCUT2D eigenvalue weighted by atomic mass is 32.2. The molecule has 0 saturated heterocycles. The maximum atomic E-state index is 12.6. The number of furan rings is 1. The Bertz CT molecular complexity index is 981. The zero-order valence-electron chi connectivity index (χ0n) is 17.5. The molecule has 0 saturated carbocycles. The molecule has 0 unspecified atom stereocenters. The first kappa shape index (κ1) is 21.7. The summed E-state index contributed by atoms with van der Waals surface area (Å²) in [5.74, 6) is 2.28. The Labute approximate surface area is 180 Å². The zero-order chi connectivity index (χ0) is 21.3. The number of ether oxygens (including phenoxy) is 2. The highest BCUT2D eigenvalue weighted by Crippen LogP contribution is 2.27. The average Bonchev–Trinajstić information content (AvgIpc) is 3.28. The first-order valence-corrected chi connectivity index (χ1v) is 10.9. The van der Waals surface area contributed by atoms with Gasteiger partial charge in [-0.15, -0.1) is 0 Å². The van der Waals surface area contributed by atoms with Crippen LogP contribution in [0.3, 0.4) is 0 Å².